The van der Waals surface area contributed by atoms with Crippen LogP contribution in [0.5, 0.6) is 0 Å². The molecule has 1 aliphatic carbocycles. The van der Waals surface area contributed by atoms with Crippen LogP contribution < -0.4 is 31.7 Å². The Morgan fingerprint density at radius 2 is 1.67 bits per heavy atom. The average molecular weight is 806 g/mol. The number of benzene rings is 1. The highest BCUT2D eigenvalue weighted by atomic mass is 32.1. The highest BCUT2D eigenvalue weighted by Gasteiger charge is 2.26. The van der Waals surface area contributed by atoms with Crippen LogP contribution in [0.25, 0.3) is 11.0 Å². The van der Waals surface area contributed by atoms with E-state index >= 15 is 0 Å². The summed E-state index contributed by atoms with van der Waals surface area (Å²) in [7, 11) is 0. The van der Waals surface area contributed by atoms with E-state index in [0.717, 1.165) is 85.8 Å². The molecule has 5 aromatic rings. The maximum Gasteiger partial charge on any atom is 0.263 e. The smallest absolute Gasteiger partial charge is 0.263 e. The molecule has 0 radical (unpaired) electrons. The van der Waals surface area contributed by atoms with Crippen LogP contribution in [-0.2, 0) is 4.79 Å². The van der Waals surface area contributed by atoms with E-state index < -0.39 is 0 Å². The molecule has 0 bridgehead atoms. The maximum absolute atomic E-state index is 13.6. The van der Waals surface area contributed by atoms with Gasteiger partial charge in [0.1, 0.15) is 11.5 Å². The SMILES string of the molecule is CC(=O)c1c(C)c2cnc(Nc3ccc(N4CCN(CC(=O)NCCCNc5cccc(C(=O)Nc6nc(C)c(C)s6)c5C)CC4)cn3)nc2n(C2CCCC2)c1=O. The summed E-state index contributed by atoms with van der Waals surface area (Å²) >= 11 is 1.47. The summed E-state index contributed by atoms with van der Waals surface area (Å²) in [5, 5.41) is 13.8. The maximum atomic E-state index is 13.6. The molecule has 1 aromatic carbocycles. The first-order chi connectivity index (χ1) is 28.0. The number of carbonyl (C=O) groups is 3. The fourth-order valence-electron chi connectivity index (χ4n) is 7.80. The van der Waals surface area contributed by atoms with Crippen molar-refractivity contribution in [2.24, 2.45) is 0 Å². The molecular formula is C42H51N11O4S. The van der Waals surface area contributed by atoms with Crippen LogP contribution in [-0.4, -0.2) is 92.8 Å². The first-order valence-corrected chi connectivity index (χ1v) is 20.8. The van der Waals surface area contributed by atoms with Gasteiger partial charge in [0.15, 0.2) is 10.9 Å². The number of Topliss-reactive ketones (excluding diaryl/α,β-unsaturated/α-hetero) is 1. The van der Waals surface area contributed by atoms with Crippen LogP contribution in [0.3, 0.4) is 0 Å². The molecule has 15 nitrogen and oxygen atoms in total. The lowest BCUT2D eigenvalue weighted by Gasteiger charge is -2.35. The second-order valence-electron chi connectivity index (χ2n) is 15.1. The Balaban J connectivity index is 0.853. The fraction of sp³-hybridized carbons (Fsp3) is 0.429. The molecule has 2 fully saturated rings. The number of rotatable bonds is 14. The van der Waals surface area contributed by atoms with Gasteiger partial charge in [-0.3, -0.25) is 34.0 Å². The van der Waals surface area contributed by atoms with Gasteiger partial charge < -0.3 is 20.9 Å². The number of pyridine rings is 2. The number of anilines is 5. The van der Waals surface area contributed by atoms with Gasteiger partial charge in [0.25, 0.3) is 11.5 Å². The third-order valence-corrected chi connectivity index (χ3v) is 12.1. The third kappa shape index (κ3) is 9.02. The van der Waals surface area contributed by atoms with Gasteiger partial charge in [-0.25, -0.2) is 15.0 Å². The summed E-state index contributed by atoms with van der Waals surface area (Å²) in [6.45, 7) is 13.6. The van der Waals surface area contributed by atoms with E-state index in [0.29, 0.717) is 58.7 Å². The highest BCUT2D eigenvalue weighted by Crippen LogP contribution is 2.32. The zero-order chi connectivity index (χ0) is 40.9. The molecular weight excluding hydrogens is 755 g/mol. The number of nitrogens with one attached hydrogen (secondary N) is 4. The molecule has 0 unspecified atom stereocenters. The first kappa shape index (κ1) is 40.5. The van der Waals surface area contributed by atoms with Gasteiger partial charge >= 0.3 is 0 Å². The minimum Gasteiger partial charge on any atom is -0.385 e. The molecule has 2 aliphatic rings. The van der Waals surface area contributed by atoms with E-state index in [9.17, 15) is 19.2 Å². The number of thiazole rings is 1. The number of carbonyl (C=O) groups excluding carboxylic acids is 3. The lowest BCUT2D eigenvalue weighted by molar-refractivity contribution is -0.122. The van der Waals surface area contributed by atoms with Crippen molar-refractivity contribution in [3.63, 3.8) is 0 Å². The van der Waals surface area contributed by atoms with Crippen molar-refractivity contribution in [2.45, 2.75) is 72.8 Å². The molecule has 58 heavy (non-hydrogen) atoms. The Morgan fingerprint density at radius 1 is 0.897 bits per heavy atom. The molecule has 0 spiro atoms. The molecule has 16 heteroatoms. The topological polar surface area (TPSA) is 179 Å². The summed E-state index contributed by atoms with van der Waals surface area (Å²) in [5.41, 5.74) is 5.31. The second-order valence-corrected chi connectivity index (χ2v) is 16.3. The number of amides is 2. The largest absolute Gasteiger partial charge is 0.385 e. The third-order valence-electron chi connectivity index (χ3n) is 11.2. The van der Waals surface area contributed by atoms with Crippen molar-refractivity contribution in [3.05, 3.63) is 85.9 Å². The molecule has 5 heterocycles. The van der Waals surface area contributed by atoms with Crippen molar-refractivity contribution >= 4 is 68.2 Å². The fourth-order valence-corrected chi connectivity index (χ4v) is 8.61. The van der Waals surface area contributed by atoms with E-state index in [2.05, 4.69) is 46.0 Å². The number of ketones is 1. The normalized spacial score (nSPS) is 14.8. The number of aryl methyl sites for hydroxylation is 3. The molecule has 1 aliphatic heterocycles. The standard InChI is InChI=1S/C42H51N11O4S/c1-25-32(39(56)50-42-47-27(3)29(5)58-42)12-8-13-34(25)43-16-9-17-44-36(55)24-51-18-20-52(21-19-51)31-14-15-35(45-22-31)48-41-46-23-33-26(2)37(28(4)54)40(57)53(38(33)49-41)30-10-6-7-11-30/h8,12-15,22-23,30,43H,6-7,9-11,16-21,24H2,1-5H3,(H,44,55)(H,47,50,56)(H,45,46,48,49). The Morgan fingerprint density at radius 3 is 2.36 bits per heavy atom. The van der Waals surface area contributed by atoms with Crippen LogP contribution in [0.1, 0.15) is 87.5 Å². The van der Waals surface area contributed by atoms with Gasteiger partial charge in [0, 0.05) is 73.0 Å². The first-order valence-electron chi connectivity index (χ1n) is 20.0. The van der Waals surface area contributed by atoms with Crippen molar-refractivity contribution in [1.29, 1.82) is 0 Å². The van der Waals surface area contributed by atoms with Gasteiger partial charge in [0.05, 0.1) is 29.7 Å². The number of hydrogen-bond acceptors (Lipinski definition) is 13. The van der Waals surface area contributed by atoms with E-state index in [1.807, 2.05) is 57.3 Å². The molecule has 4 N–H and O–H groups in total. The molecule has 4 aromatic heterocycles. The van der Waals surface area contributed by atoms with Crippen molar-refractivity contribution in [3.8, 4) is 0 Å². The summed E-state index contributed by atoms with van der Waals surface area (Å²) in [6, 6.07) is 9.51. The number of aromatic nitrogens is 5. The van der Waals surface area contributed by atoms with Crippen molar-refractivity contribution < 1.29 is 14.4 Å². The predicted octanol–water partition coefficient (Wildman–Crippen LogP) is 5.93. The Bertz CT molecular complexity index is 2360. The molecule has 1 saturated heterocycles. The van der Waals surface area contributed by atoms with Crippen LogP contribution >= 0.6 is 11.3 Å². The Hall–Kier alpha value is -5.74. The van der Waals surface area contributed by atoms with Gasteiger partial charge in [0.2, 0.25) is 11.9 Å². The second kappa shape index (κ2) is 17.8. The Labute approximate surface area is 341 Å². The van der Waals surface area contributed by atoms with Crippen LogP contribution in [0.2, 0.25) is 0 Å². The summed E-state index contributed by atoms with van der Waals surface area (Å²) < 4.78 is 1.71. The number of hydrogen-bond donors (Lipinski definition) is 4. The van der Waals surface area contributed by atoms with Crippen molar-refractivity contribution in [2.75, 3.05) is 66.7 Å². The molecule has 304 valence electrons. The zero-order valence-electron chi connectivity index (χ0n) is 33.8. The zero-order valence-corrected chi connectivity index (χ0v) is 34.6. The van der Waals surface area contributed by atoms with Gasteiger partial charge in [-0.05, 0) is 89.3 Å². The van der Waals surface area contributed by atoms with Crippen LogP contribution in [0, 0.1) is 27.7 Å². The number of fused-ring (bicyclic) bond motifs is 1. The molecule has 1 saturated carbocycles. The quantitative estimate of drug-likeness (QED) is 0.0769. The highest BCUT2D eigenvalue weighted by molar-refractivity contribution is 7.15. The molecule has 0 atom stereocenters. The lowest BCUT2D eigenvalue weighted by Crippen LogP contribution is -2.49. The molecule has 7 rings (SSSR count). The minimum atomic E-state index is -0.280. The summed E-state index contributed by atoms with van der Waals surface area (Å²) in [5.74, 6) is 0.469. The molecule has 2 amide bonds. The van der Waals surface area contributed by atoms with E-state index in [-0.39, 0.29) is 34.8 Å². The van der Waals surface area contributed by atoms with Crippen molar-refractivity contribution in [1.82, 2.24) is 34.7 Å². The van der Waals surface area contributed by atoms with Gasteiger partial charge in [-0.2, -0.15) is 4.98 Å². The minimum absolute atomic E-state index is 0.00125. The van der Waals surface area contributed by atoms with Crippen LogP contribution in [0.15, 0.2) is 47.5 Å². The van der Waals surface area contributed by atoms with E-state index in [4.69, 9.17) is 4.98 Å². The van der Waals surface area contributed by atoms with Crippen LogP contribution in [0.4, 0.5) is 28.3 Å². The average Bonchev–Trinajstić information content (AvgIpc) is 3.84. The summed E-state index contributed by atoms with van der Waals surface area (Å²) in [6.07, 6.45) is 8.06. The summed E-state index contributed by atoms with van der Waals surface area (Å²) in [4.78, 5) is 75.5. The predicted molar refractivity (Wildman–Crippen MR) is 229 cm³/mol. The van der Waals surface area contributed by atoms with Gasteiger partial charge in [-0.15, -0.1) is 11.3 Å². The number of nitrogens with zero attached hydrogens (tertiary/aromatic N) is 7. The van der Waals surface area contributed by atoms with E-state index in [1.54, 1.807) is 17.7 Å². The Kier molecular flexibility index (Phi) is 12.4. The monoisotopic (exact) mass is 805 g/mol. The lowest BCUT2D eigenvalue weighted by atomic mass is 10.0. The number of piperazine rings is 1. The van der Waals surface area contributed by atoms with E-state index in [1.165, 1.54) is 18.3 Å². The van der Waals surface area contributed by atoms with Gasteiger partial charge in [-0.1, -0.05) is 18.9 Å².